The molecule has 2 rings (SSSR count). The van der Waals surface area contributed by atoms with Crippen LogP contribution in [-0.4, -0.2) is 25.3 Å². The molecule has 2 N–H and O–H groups in total. The maximum atomic E-state index is 6.05. The number of para-hydroxylation sites is 1. The molecule has 0 unspecified atom stereocenters. The molecule has 3 heteroatoms. The lowest BCUT2D eigenvalue weighted by Gasteiger charge is -2.44. The monoisotopic (exact) mass is 234 g/mol. The number of morpholine rings is 1. The van der Waals surface area contributed by atoms with E-state index in [4.69, 9.17) is 10.5 Å². The van der Waals surface area contributed by atoms with E-state index in [0.717, 1.165) is 19.8 Å². The van der Waals surface area contributed by atoms with Gasteiger partial charge in [-0.2, -0.15) is 0 Å². The van der Waals surface area contributed by atoms with Crippen molar-refractivity contribution in [1.82, 2.24) is 0 Å². The van der Waals surface area contributed by atoms with Crippen molar-refractivity contribution in [3.8, 4) is 0 Å². The Bertz CT molecular complexity index is 388. The summed E-state index contributed by atoms with van der Waals surface area (Å²) in [6.07, 6.45) is 0. The van der Waals surface area contributed by atoms with E-state index in [2.05, 4.69) is 43.0 Å². The molecule has 0 bridgehead atoms. The van der Waals surface area contributed by atoms with Gasteiger partial charge >= 0.3 is 0 Å². The number of hydrogen-bond acceptors (Lipinski definition) is 3. The van der Waals surface area contributed by atoms with Crippen molar-refractivity contribution in [2.24, 2.45) is 5.73 Å². The van der Waals surface area contributed by atoms with Gasteiger partial charge in [0.15, 0.2) is 0 Å². The zero-order valence-corrected chi connectivity index (χ0v) is 10.9. The van der Waals surface area contributed by atoms with Gasteiger partial charge in [-0.05, 0) is 32.4 Å². The summed E-state index contributed by atoms with van der Waals surface area (Å²) in [7, 11) is 0. The first-order valence-corrected chi connectivity index (χ1v) is 6.22. The first-order chi connectivity index (χ1) is 8.02. The Kier molecular flexibility index (Phi) is 3.40. The second-order valence-electron chi connectivity index (χ2n) is 5.36. The third-order valence-electron chi connectivity index (χ3n) is 3.36. The van der Waals surface area contributed by atoms with Crippen LogP contribution >= 0.6 is 0 Å². The molecule has 0 amide bonds. The highest BCUT2D eigenvalue weighted by molar-refractivity contribution is 5.57. The van der Waals surface area contributed by atoms with E-state index >= 15 is 0 Å². The first-order valence-electron chi connectivity index (χ1n) is 6.22. The van der Waals surface area contributed by atoms with E-state index in [9.17, 15) is 0 Å². The second kappa shape index (κ2) is 4.67. The van der Waals surface area contributed by atoms with Gasteiger partial charge in [0.05, 0.1) is 18.8 Å². The Morgan fingerprint density at radius 2 is 2.06 bits per heavy atom. The number of hydrogen-bond donors (Lipinski definition) is 1. The van der Waals surface area contributed by atoms with Crippen LogP contribution < -0.4 is 10.6 Å². The highest BCUT2D eigenvalue weighted by Crippen LogP contribution is 2.32. The maximum absolute atomic E-state index is 6.05. The zero-order chi connectivity index (χ0) is 12.5. The van der Waals surface area contributed by atoms with Crippen LogP contribution in [0, 0.1) is 0 Å². The van der Waals surface area contributed by atoms with E-state index in [1.807, 2.05) is 6.92 Å². The molecule has 1 heterocycles. The van der Waals surface area contributed by atoms with Crippen molar-refractivity contribution < 1.29 is 4.74 Å². The van der Waals surface area contributed by atoms with E-state index in [0.29, 0.717) is 0 Å². The van der Waals surface area contributed by atoms with Crippen molar-refractivity contribution in [2.75, 3.05) is 24.7 Å². The minimum atomic E-state index is 0.0310. The highest BCUT2D eigenvalue weighted by Gasteiger charge is 2.31. The van der Waals surface area contributed by atoms with Crippen molar-refractivity contribution in [3.05, 3.63) is 29.8 Å². The van der Waals surface area contributed by atoms with Gasteiger partial charge in [-0.1, -0.05) is 18.2 Å². The number of rotatable bonds is 2. The molecule has 0 saturated carbocycles. The Morgan fingerprint density at radius 3 is 2.71 bits per heavy atom. The number of benzene rings is 1. The third kappa shape index (κ3) is 2.45. The summed E-state index contributed by atoms with van der Waals surface area (Å²) in [6.45, 7) is 8.94. The molecule has 1 saturated heterocycles. The molecule has 3 nitrogen and oxygen atoms in total. The highest BCUT2D eigenvalue weighted by atomic mass is 16.5. The van der Waals surface area contributed by atoms with E-state index < -0.39 is 0 Å². The van der Waals surface area contributed by atoms with Gasteiger partial charge in [-0.15, -0.1) is 0 Å². The number of nitrogens with zero attached hydrogens (tertiary/aromatic N) is 1. The predicted molar refractivity (Wildman–Crippen MR) is 71.3 cm³/mol. The SMILES string of the molecule is C[C@@H](N)c1ccccc1N1CCOCC1(C)C. The van der Waals surface area contributed by atoms with Crippen LogP contribution in [0.3, 0.4) is 0 Å². The first kappa shape index (κ1) is 12.4. The minimum absolute atomic E-state index is 0.0310. The maximum Gasteiger partial charge on any atom is 0.0694 e. The van der Waals surface area contributed by atoms with E-state index in [1.165, 1.54) is 11.3 Å². The van der Waals surface area contributed by atoms with Gasteiger partial charge in [0.25, 0.3) is 0 Å². The molecule has 0 spiro atoms. The summed E-state index contributed by atoms with van der Waals surface area (Å²) in [4.78, 5) is 2.41. The predicted octanol–water partition coefficient (Wildman–Crippen LogP) is 2.32. The van der Waals surface area contributed by atoms with Crippen LogP contribution in [0.4, 0.5) is 5.69 Å². The molecule has 1 fully saturated rings. The van der Waals surface area contributed by atoms with Crippen LogP contribution in [-0.2, 0) is 4.74 Å². The summed E-state index contributed by atoms with van der Waals surface area (Å²) in [6, 6.07) is 8.46. The summed E-state index contributed by atoms with van der Waals surface area (Å²) < 4.78 is 5.56. The molecule has 17 heavy (non-hydrogen) atoms. The average molecular weight is 234 g/mol. The van der Waals surface area contributed by atoms with Crippen molar-refractivity contribution in [1.29, 1.82) is 0 Å². The van der Waals surface area contributed by atoms with Crippen LogP contribution in [0.25, 0.3) is 0 Å². The van der Waals surface area contributed by atoms with Gasteiger partial charge in [0.2, 0.25) is 0 Å². The molecular weight excluding hydrogens is 212 g/mol. The topological polar surface area (TPSA) is 38.5 Å². The lowest BCUT2D eigenvalue weighted by Crippen LogP contribution is -2.53. The van der Waals surface area contributed by atoms with Gasteiger partial charge in [0.1, 0.15) is 0 Å². The number of nitrogens with two attached hydrogens (primary N) is 1. The second-order valence-corrected chi connectivity index (χ2v) is 5.36. The average Bonchev–Trinajstić information content (AvgIpc) is 2.28. The van der Waals surface area contributed by atoms with Crippen LogP contribution in [0.15, 0.2) is 24.3 Å². The number of anilines is 1. The van der Waals surface area contributed by atoms with Crippen molar-refractivity contribution in [3.63, 3.8) is 0 Å². The van der Waals surface area contributed by atoms with Gasteiger partial charge < -0.3 is 15.4 Å². The molecule has 1 atom stereocenters. The molecular formula is C14H22N2O. The van der Waals surface area contributed by atoms with Crippen molar-refractivity contribution in [2.45, 2.75) is 32.4 Å². The Balaban J connectivity index is 2.38. The van der Waals surface area contributed by atoms with Crippen molar-refractivity contribution >= 4 is 5.69 Å². The van der Waals surface area contributed by atoms with E-state index in [-0.39, 0.29) is 11.6 Å². The summed E-state index contributed by atoms with van der Waals surface area (Å²) in [5, 5.41) is 0. The fraction of sp³-hybridized carbons (Fsp3) is 0.571. The third-order valence-corrected chi connectivity index (χ3v) is 3.36. The quantitative estimate of drug-likeness (QED) is 0.853. The number of ether oxygens (including phenoxy) is 1. The summed E-state index contributed by atoms with van der Waals surface area (Å²) >= 11 is 0. The lowest BCUT2D eigenvalue weighted by molar-refractivity contribution is 0.0643. The molecule has 0 aliphatic carbocycles. The van der Waals surface area contributed by atoms with E-state index in [1.54, 1.807) is 0 Å². The molecule has 94 valence electrons. The Hall–Kier alpha value is -1.06. The largest absolute Gasteiger partial charge is 0.377 e. The van der Waals surface area contributed by atoms with Gasteiger partial charge in [-0.25, -0.2) is 0 Å². The molecule has 1 aliphatic rings. The normalized spacial score (nSPS) is 21.3. The molecule has 1 aromatic rings. The van der Waals surface area contributed by atoms with Crippen LogP contribution in [0.1, 0.15) is 32.4 Å². The standard InChI is InChI=1S/C14H22N2O/c1-11(15)12-6-4-5-7-13(12)16-8-9-17-10-14(16,2)3/h4-7,11H,8-10,15H2,1-3H3/t11-/m1/s1. The van der Waals surface area contributed by atoms with Crippen LogP contribution in [0.5, 0.6) is 0 Å². The molecule has 0 radical (unpaired) electrons. The Labute approximate surface area is 104 Å². The molecule has 1 aliphatic heterocycles. The smallest absolute Gasteiger partial charge is 0.0694 e. The summed E-state index contributed by atoms with van der Waals surface area (Å²) in [5.41, 5.74) is 8.54. The van der Waals surface area contributed by atoms with Gasteiger partial charge in [0, 0.05) is 18.3 Å². The minimum Gasteiger partial charge on any atom is -0.377 e. The van der Waals surface area contributed by atoms with Crippen LogP contribution in [0.2, 0.25) is 0 Å². The zero-order valence-electron chi connectivity index (χ0n) is 10.9. The molecule has 0 aromatic heterocycles. The fourth-order valence-corrected chi connectivity index (χ4v) is 2.42. The Morgan fingerprint density at radius 1 is 1.35 bits per heavy atom. The summed E-state index contributed by atoms with van der Waals surface area (Å²) in [5.74, 6) is 0. The lowest BCUT2D eigenvalue weighted by atomic mass is 9.98. The fourth-order valence-electron chi connectivity index (χ4n) is 2.42. The molecule has 1 aromatic carbocycles. The van der Waals surface area contributed by atoms with Gasteiger partial charge in [-0.3, -0.25) is 0 Å².